The maximum atomic E-state index is 5.47. The molecule has 19 heavy (non-hydrogen) atoms. The highest BCUT2D eigenvalue weighted by Crippen LogP contribution is 2.33. The molecule has 3 rings (SSSR count). The molecule has 0 aliphatic heterocycles. The summed E-state index contributed by atoms with van der Waals surface area (Å²) in [6, 6.07) is 6.87. The Morgan fingerprint density at radius 1 is 1.21 bits per heavy atom. The van der Waals surface area contributed by atoms with Crippen LogP contribution in [-0.2, 0) is 0 Å². The highest BCUT2D eigenvalue weighted by Gasteiger charge is 2.22. The number of aryl methyl sites for hydroxylation is 2. The topological polar surface area (TPSA) is 49.9 Å². The summed E-state index contributed by atoms with van der Waals surface area (Å²) in [5.41, 5.74) is 4.53. The lowest BCUT2D eigenvalue weighted by atomic mass is 10.0. The number of methoxy groups -OCH3 is 1. The van der Waals surface area contributed by atoms with Crippen molar-refractivity contribution in [1.29, 1.82) is 0 Å². The number of ether oxygens (including phenoxy) is 1. The normalized spacial score (nSPS) is 14.5. The standard InChI is InChI=1S/C15H19N3O/c1-9-6-12(14(19-3)7-10(9)2)13-8-15(18-17-13)16-11-4-5-11/h6-8,11H,4-5H2,1-3H3,(H2,16,17,18). The van der Waals surface area contributed by atoms with Crippen LogP contribution in [0.2, 0.25) is 0 Å². The van der Waals surface area contributed by atoms with Gasteiger partial charge in [-0.15, -0.1) is 0 Å². The van der Waals surface area contributed by atoms with E-state index in [0.29, 0.717) is 6.04 Å². The molecule has 0 amide bonds. The molecule has 1 aromatic heterocycles. The van der Waals surface area contributed by atoms with Crippen molar-refractivity contribution in [3.8, 4) is 17.0 Å². The Morgan fingerprint density at radius 2 is 1.95 bits per heavy atom. The maximum Gasteiger partial charge on any atom is 0.148 e. The summed E-state index contributed by atoms with van der Waals surface area (Å²) in [7, 11) is 1.70. The van der Waals surface area contributed by atoms with Crippen LogP contribution in [0.1, 0.15) is 24.0 Å². The average molecular weight is 257 g/mol. The number of aromatic nitrogens is 2. The Kier molecular flexibility index (Phi) is 2.93. The zero-order chi connectivity index (χ0) is 13.4. The van der Waals surface area contributed by atoms with Crippen molar-refractivity contribution in [2.75, 3.05) is 12.4 Å². The number of anilines is 1. The van der Waals surface area contributed by atoms with E-state index in [1.165, 1.54) is 24.0 Å². The molecule has 100 valence electrons. The smallest absolute Gasteiger partial charge is 0.148 e. The van der Waals surface area contributed by atoms with Crippen LogP contribution in [0.3, 0.4) is 0 Å². The van der Waals surface area contributed by atoms with Gasteiger partial charge in [0.15, 0.2) is 0 Å². The summed E-state index contributed by atoms with van der Waals surface area (Å²) in [4.78, 5) is 0. The molecule has 4 nitrogen and oxygen atoms in total. The zero-order valence-corrected chi connectivity index (χ0v) is 11.6. The number of aromatic amines is 1. The van der Waals surface area contributed by atoms with Crippen molar-refractivity contribution in [2.24, 2.45) is 0 Å². The number of nitrogens with one attached hydrogen (secondary N) is 2. The van der Waals surface area contributed by atoms with Gasteiger partial charge in [0, 0.05) is 17.7 Å². The summed E-state index contributed by atoms with van der Waals surface area (Å²) < 4.78 is 5.47. The minimum absolute atomic E-state index is 0.609. The van der Waals surface area contributed by atoms with Crippen LogP contribution in [0.5, 0.6) is 5.75 Å². The highest BCUT2D eigenvalue weighted by molar-refractivity contribution is 5.71. The molecule has 0 atom stereocenters. The molecule has 0 radical (unpaired) electrons. The Bertz CT molecular complexity index is 599. The molecular formula is C15H19N3O. The molecule has 0 spiro atoms. The molecule has 0 saturated heterocycles. The van der Waals surface area contributed by atoms with Gasteiger partial charge in [-0.3, -0.25) is 5.10 Å². The molecule has 4 heteroatoms. The van der Waals surface area contributed by atoms with E-state index in [0.717, 1.165) is 22.8 Å². The van der Waals surface area contributed by atoms with E-state index in [2.05, 4.69) is 41.5 Å². The van der Waals surface area contributed by atoms with Crippen LogP contribution in [0.15, 0.2) is 18.2 Å². The summed E-state index contributed by atoms with van der Waals surface area (Å²) >= 11 is 0. The lowest BCUT2D eigenvalue weighted by molar-refractivity contribution is 0.416. The molecular weight excluding hydrogens is 238 g/mol. The predicted octanol–water partition coefficient (Wildman–Crippen LogP) is 3.28. The van der Waals surface area contributed by atoms with Gasteiger partial charge >= 0.3 is 0 Å². The molecule has 2 aromatic rings. The summed E-state index contributed by atoms with van der Waals surface area (Å²) in [5.74, 6) is 1.79. The third kappa shape index (κ3) is 2.43. The maximum absolute atomic E-state index is 5.47. The second-order valence-electron chi connectivity index (χ2n) is 5.22. The van der Waals surface area contributed by atoms with Gasteiger partial charge in [-0.1, -0.05) is 0 Å². The fourth-order valence-corrected chi connectivity index (χ4v) is 2.14. The first kappa shape index (κ1) is 12.1. The van der Waals surface area contributed by atoms with Gasteiger partial charge in [-0.05, 0) is 49.9 Å². The lowest BCUT2D eigenvalue weighted by Crippen LogP contribution is -2.00. The van der Waals surface area contributed by atoms with Gasteiger partial charge in [-0.2, -0.15) is 5.10 Å². The molecule has 1 aliphatic carbocycles. The summed E-state index contributed by atoms with van der Waals surface area (Å²) in [5, 5.41) is 10.8. The molecule has 1 heterocycles. The summed E-state index contributed by atoms with van der Waals surface area (Å²) in [6.07, 6.45) is 2.49. The lowest BCUT2D eigenvalue weighted by Gasteiger charge is -2.10. The largest absolute Gasteiger partial charge is 0.496 e. The van der Waals surface area contributed by atoms with E-state index in [-0.39, 0.29) is 0 Å². The fraction of sp³-hybridized carbons (Fsp3) is 0.400. The van der Waals surface area contributed by atoms with Gasteiger partial charge in [0.1, 0.15) is 11.6 Å². The summed E-state index contributed by atoms with van der Waals surface area (Å²) in [6.45, 7) is 4.20. The molecule has 1 saturated carbocycles. The zero-order valence-electron chi connectivity index (χ0n) is 11.6. The van der Waals surface area contributed by atoms with Crippen LogP contribution in [0, 0.1) is 13.8 Å². The molecule has 1 aliphatic rings. The van der Waals surface area contributed by atoms with Crippen molar-refractivity contribution < 1.29 is 4.74 Å². The van der Waals surface area contributed by atoms with E-state index in [9.17, 15) is 0 Å². The van der Waals surface area contributed by atoms with Crippen molar-refractivity contribution in [3.63, 3.8) is 0 Å². The molecule has 0 unspecified atom stereocenters. The van der Waals surface area contributed by atoms with E-state index < -0.39 is 0 Å². The second kappa shape index (κ2) is 4.61. The number of hydrogen-bond donors (Lipinski definition) is 2. The average Bonchev–Trinajstić information content (AvgIpc) is 3.08. The van der Waals surface area contributed by atoms with Gasteiger partial charge in [0.05, 0.1) is 12.8 Å². The van der Waals surface area contributed by atoms with Crippen molar-refractivity contribution >= 4 is 5.82 Å². The first-order chi connectivity index (χ1) is 9.17. The second-order valence-corrected chi connectivity index (χ2v) is 5.22. The van der Waals surface area contributed by atoms with Gasteiger partial charge in [-0.25, -0.2) is 0 Å². The number of hydrogen-bond acceptors (Lipinski definition) is 3. The monoisotopic (exact) mass is 257 g/mol. The van der Waals surface area contributed by atoms with E-state index >= 15 is 0 Å². The van der Waals surface area contributed by atoms with E-state index in [1.54, 1.807) is 7.11 Å². The van der Waals surface area contributed by atoms with Crippen LogP contribution in [0.4, 0.5) is 5.82 Å². The number of rotatable bonds is 4. The van der Waals surface area contributed by atoms with Gasteiger partial charge in [0.2, 0.25) is 0 Å². The highest BCUT2D eigenvalue weighted by atomic mass is 16.5. The third-order valence-corrected chi connectivity index (χ3v) is 3.61. The minimum atomic E-state index is 0.609. The van der Waals surface area contributed by atoms with Crippen molar-refractivity contribution in [1.82, 2.24) is 10.2 Å². The first-order valence-corrected chi connectivity index (χ1v) is 6.65. The Balaban J connectivity index is 1.95. The minimum Gasteiger partial charge on any atom is -0.496 e. The van der Waals surface area contributed by atoms with E-state index in [1.807, 2.05) is 6.07 Å². The number of nitrogens with zero attached hydrogens (tertiary/aromatic N) is 1. The molecule has 0 bridgehead atoms. The first-order valence-electron chi connectivity index (χ1n) is 6.65. The third-order valence-electron chi connectivity index (χ3n) is 3.61. The van der Waals surface area contributed by atoms with Gasteiger partial charge in [0.25, 0.3) is 0 Å². The van der Waals surface area contributed by atoms with Crippen LogP contribution in [0.25, 0.3) is 11.3 Å². The van der Waals surface area contributed by atoms with Crippen LogP contribution in [-0.4, -0.2) is 23.3 Å². The molecule has 2 N–H and O–H groups in total. The van der Waals surface area contributed by atoms with Crippen molar-refractivity contribution in [2.45, 2.75) is 32.7 Å². The Morgan fingerprint density at radius 3 is 2.63 bits per heavy atom. The molecule has 1 aromatic carbocycles. The Labute approximate surface area is 113 Å². The number of H-pyrrole nitrogens is 1. The van der Waals surface area contributed by atoms with Gasteiger partial charge < -0.3 is 10.1 Å². The fourth-order valence-electron chi connectivity index (χ4n) is 2.14. The molecule has 1 fully saturated rings. The van der Waals surface area contributed by atoms with Crippen LogP contribution >= 0.6 is 0 Å². The number of benzene rings is 1. The predicted molar refractivity (Wildman–Crippen MR) is 76.7 cm³/mol. The Hall–Kier alpha value is -1.97. The van der Waals surface area contributed by atoms with E-state index in [4.69, 9.17) is 4.74 Å². The quantitative estimate of drug-likeness (QED) is 0.883. The van der Waals surface area contributed by atoms with Crippen LogP contribution < -0.4 is 10.1 Å². The SMILES string of the molecule is COc1cc(C)c(C)cc1-c1cc(NC2CC2)n[nH]1. The van der Waals surface area contributed by atoms with Crippen molar-refractivity contribution in [3.05, 3.63) is 29.3 Å².